The van der Waals surface area contributed by atoms with Crippen molar-refractivity contribution < 1.29 is 19.0 Å². The number of halogens is 1. The van der Waals surface area contributed by atoms with Crippen molar-refractivity contribution in [1.82, 2.24) is 20.3 Å². The molecule has 5 rings (SSSR count). The number of allylic oxidation sites excluding steroid dienone is 1. The van der Waals surface area contributed by atoms with Crippen LogP contribution in [-0.2, 0) is 10.2 Å². The highest BCUT2D eigenvalue weighted by Gasteiger charge is 2.51. The summed E-state index contributed by atoms with van der Waals surface area (Å²) in [5, 5.41) is 23.4. The highest BCUT2D eigenvalue weighted by molar-refractivity contribution is 6.09. The van der Waals surface area contributed by atoms with Crippen molar-refractivity contribution in [2.45, 2.75) is 37.2 Å². The zero-order valence-electron chi connectivity index (χ0n) is 19.6. The van der Waals surface area contributed by atoms with Gasteiger partial charge < -0.3 is 25.9 Å². The molecule has 0 radical (unpaired) electrons. The first-order valence-electron chi connectivity index (χ1n) is 11.6. The summed E-state index contributed by atoms with van der Waals surface area (Å²) < 4.78 is 20.9. The third-order valence-corrected chi connectivity index (χ3v) is 6.37. The minimum atomic E-state index is -0.819. The zero-order valence-corrected chi connectivity index (χ0v) is 19.6. The largest absolute Gasteiger partial charge is 0.481 e. The van der Waals surface area contributed by atoms with Crippen LogP contribution in [0.1, 0.15) is 36.9 Å². The SMILES string of the molecule is CN/C(Nc1cncc(OC2CC2)n1)=C(\C=N)c1ncc(-c2ccc(C3(C(=O)O)CC3)cc2)cc1F. The van der Waals surface area contributed by atoms with Crippen LogP contribution in [-0.4, -0.2) is 45.4 Å². The van der Waals surface area contributed by atoms with Crippen LogP contribution in [0.4, 0.5) is 10.2 Å². The second-order valence-corrected chi connectivity index (χ2v) is 8.89. The second kappa shape index (κ2) is 9.37. The number of hydrogen-bond donors (Lipinski definition) is 4. The number of aromatic nitrogens is 3. The molecule has 2 aliphatic rings. The van der Waals surface area contributed by atoms with Crippen molar-refractivity contribution >= 4 is 23.6 Å². The number of hydrogen-bond acceptors (Lipinski definition) is 8. The lowest BCUT2D eigenvalue weighted by molar-refractivity contribution is -0.140. The van der Waals surface area contributed by atoms with Gasteiger partial charge in [-0.2, -0.15) is 4.98 Å². The molecule has 0 saturated heterocycles. The maximum absolute atomic E-state index is 15.2. The van der Waals surface area contributed by atoms with Gasteiger partial charge in [0.05, 0.1) is 23.4 Å². The number of nitrogens with zero attached hydrogens (tertiary/aromatic N) is 3. The zero-order chi connectivity index (χ0) is 25.3. The number of nitrogens with one attached hydrogen (secondary N) is 3. The van der Waals surface area contributed by atoms with E-state index in [0.29, 0.717) is 41.5 Å². The van der Waals surface area contributed by atoms with E-state index in [1.807, 2.05) is 0 Å². The Bertz CT molecular complexity index is 1350. The van der Waals surface area contributed by atoms with Crippen LogP contribution in [0.15, 0.2) is 54.7 Å². The highest BCUT2D eigenvalue weighted by atomic mass is 19.1. The molecule has 2 saturated carbocycles. The number of ether oxygens (including phenoxy) is 1. The summed E-state index contributed by atoms with van der Waals surface area (Å²) in [7, 11) is 1.64. The van der Waals surface area contributed by atoms with Crippen molar-refractivity contribution in [1.29, 1.82) is 5.41 Å². The molecule has 2 fully saturated rings. The van der Waals surface area contributed by atoms with Crippen molar-refractivity contribution in [2.24, 2.45) is 0 Å². The highest BCUT2D eigenvalue weighted by Crippen LogP contribution is 2.48. The van der Waals surface area contributed by atoms with Crippen LogP contribution in [0.5, 0.6) is 5.88 Å². The van der Waals surface area contributed by atoms with E-state index < -0.39 is 17.2 Å². The summed E-state index contributed by atoms with van der Waals surface area (Å²) in [6.45, 7) is 0. The van der Waals surface area contributed by atoms with Crippen molar-refractivity contribution in [3.05, 3.63) is 71.8 Å². The Morgan fingerprint density at radius 3 is 2.53 bits per heavy atom. The summed E-state index contributed by atoms with van der Waals surface area (Å²) in [4.78, 5) is 24.4. The van der Waals surface area contributed by atoms with Crippen molar-refractivity contribution in [2.75, 3.05) is 12.4 Å². The predicted octanol–water partition coefficient (Wildman–Crippen LogP) is 3.98. The second-order valence-electron chi connectivity index (χ2n) is 8.89. The van der Waals surface area contributed by atoms with Gasteiger partial charge in [0.2, 0.25) is 5.88 Å². The molecule has 0 amide bonds. The quantitative estimate of drug-likeness (QED) is 0.315. The fourth-order valence-electron chi connectivity index (χ4n) is 4.00. The molecule has 0 spiro atoms. The fraction of sp³-hybridized carbons (Fsp3) is 0.269. The Kier molecular flexibility index (Phi) is 6.09. The molecule has 0 unspecified atom stereocenters. The summed E-state index contributed by atoms with van der Waals surface area (Å²) in [6.07, 6.45) is 8.97. The molecule has 0 bridgehead atoms. The summed E-state index contributed by atoms with van der Waals surface area (Å²) in [5.41, 5.74) is 1.40. The standard InChI is InChI=1S/C26H25FN6O3/c1-29-24(33-21-13-30-14-22(32-21)36-18-6-7-18)19(11-28)23-20(27)10-16(12-31-23)15-2-4-17(5-3-15)26(8-9-26)25(34)35/h2-5,10-14,18,28-29H,6-9H2,1H3,(H,32,33)(H,34,35)/b24-19-,28-11?. The number of pyridine rings is 1. The minimum absolute atomic E-state index is 0.0108. The average molecular weight is 489 g/mol. The van der Waals surface area contributed by atoms with E-state index in [1.165, 1.54) is 24.7 Å². The lowest BCUT2D eigenvalue weighted by Gasteiger charge is -2.15. The molecule has 1 aromatic carbocycles. The third kappa shape index (κ3) is 4.61. The molecular formula is C26H25FN6O3. The first-order valence-corrected chi connectivity index (χ1v) is 11.6. The molecule has 2 aromatic heterocycles. The number of carbonyl (C=O) groups is 1. The molecule has 0 atom stereocenters. The van der Waals surface area contributed by atoms with Crippen LogP contribution in [0.25, 0.3) is 16.7 Å². The van der Waals surface area contributed by atoms with Crippen LogP contribution in [0.2, 0.25) is 0 Å². The molecule has 0 aliphatic heterocycles. The lowest BCUT2D eigenvalue weighted by atomic mass is 9.94. The molecule has 4 N–H and O–H groups in total. The van der Waals surface area contributed by atoms with Gasteiger partial charge in [-0.3, -0.25) is 14.8 Å². The topological polar surface area (TPSA) is 133 Å². The van der Waals surface area contributed by atoms with Gasteiger partial charge in [0, 0.05) is 25.0 Å². The van der Waals surface area contributed by atoms with Crippen LogP contribution < -0.4 is 15.4 Å². The molecule has 2 heterocycles. The summed E-state index contributed by atoms with van der Waals surface area (Å²) >= 11 is 0. The van der Waals surface area contributed by atoms with E-state index in [-0.39, 0.29) is 17.4 Å². The van der Waals surface area contributed by atoms with Gasteiger partial charge in [-0.15, -0.1) is 0 Å². The van der Waals surface area contributed by atoms with Gasteiger partial charge in [-0.1, -0.05) is 24.3 Å². The summed E-state index contributed by atoms with van der Waals surface area (Å²) in [5.74, 6) is -0.324. The molecular weight excluding hydrogens is 463 g/mol. The van der Waals surface area contributed by atoms with Gasteiger partial charge in [0.1, 0.15) is 23.4 Å². The maximum Gasteiger partial charge on any atom is 0.314 e. The van der Waals surface area contributed by atoms with E-state index in [0.717, 1.165) is 24.6 Å². The van der Waals surface area contributed by atoms with E-state index in [4.69, 9.17) is 10.1 Å². The van der Waals surface area contributed by atoms with Crippen molar-refractivity contribution in [3.63, 3.8) is 0 Å². The lowest BCUT2D eigenvalue weighted by Crippen LogP contribution is -2.19. The Labute approximate surface area is 207 Å². The van der Waals surface area contributed by atoms with Gasteiger partial charge in [-0.05, 0) is 42.9 Å². The Balaban J connectivity index is 1.39. The van der Waals surface area contributed by atoms with E-state index in [9.17, 15) is 9.90 Å². The fourth-order valence-corrected chi connectivity index (χ4v) is 4.00. The Morgan fingerprint density at radius 2 is 1.94 bits per heavy atom. The number of carboxylic acids is 1. The normalized spacial score (nSPS) is 16.5. The monoisotopic (exact) mass is 488 g/mol. The first-order chi connectivity index (χ1) is 17.4. The number of benzene rings is 1. The summed E-state index contributed by atoms with van der Waals surface area (Å²) in [6, 6.07) is 8.45. The van der Waals surface area contributed by atoms with Crippen molar-refractivity contribution in [3.8, 4) is 17.0 Å². The van der Waals surface area contributed by atoms with Gasteiger partial charge in [0.15, 0.2) is 5.82 Å². The van der Waals surface area contributed by atoms with E-state index in [2.05, 4.69) is 25.6 Å². The van der Waals surface area contributed by atoms with Gasteiger partial charge >= 0.3 is 5.97 Å². The average Bonchev–Trinajstić information content (AvgIpc) is 3.81. The van der Waals surface area contributed by atoms with Crippen LogP contribution in [0.3, 0.4) is 0 Å². The molecule has 3 aromatic rings. The number of anilines is 1. The van der Waals surface area contributed by atoms with Gasteiger partial charge in [-0.25, -0.2) is 4.39 Å². The molecule has 10 heteroatoms. The van der Waals surface area contributed by atoms with Crippen LogP contribution in [0, 0.1) is 11.2 Å². The van der Waals surface area contributed by atoms with E-state index >= 15 is 4.39 Å². The Morgan fingerprint density at radius 1 is 1.19 bits per heavy atom. The van der Waals surface area contributed by atoms with E-state index in [1.54, 1.807) is 31.3 Å². The molecule has 36 heavy (non-hydrogen) atoms. The number of carboxylic acid groups (broad SMARTS) is 1. The minimum Gasteiger partial charge on any atom is -0.481 e. The third-order valence-electron chi connectivity index (χ3n) is 6.37. The van der Waals surface area contributed by atoms with Crippen LogP contribution >= 0.6 is 0 Å². The maximum atomic E-state index is 15.2. The van der Waals surface area contributed by atoms with Gasteiger partial charge in [0.25, 0.3) is 0 Å². The predicted molar refractivity (Wildman–Crippen MR) is 132 cm³/mol. The molecule has 184 valence electrons. The molecule has 2 aliphatic carbocycles. The smallest absolute Gasteiger partial charge is 0.314 e. The molecule has 9 nitrogen and oxygen atoms in total. The number of aliphatic carboxylic acids is 1. The Hall–Kier alpha value is -4.34. The number of rotatable bonds is 10. The first kappa shape index (κ1) is 23.4.